The Kier molecular flexibility index (Phi) is 4.20. The number of aryl methyl sites for hydroxylation is 2. The molecule has 0 atom stereocenters. The van der Waals surface area contributed by atoms with Crippen molar-refractivity contribution in [2.24, 2.45) is 0 Å². The molecule has 0 unspecified atom stereocenters. The van der Waals surface area contributed by atoms with Gasteiger partial charge in [0, 0.05) is 16.8 Å². The third kappa shape index (κ3) is 3.44. The Hall–Kier alpha value is -3.47. The smallest absolute Gasteiger partial charge is 0.255 e. The molecule has 4 aromatic rings. The van der Waals surface area contributed by atoms with Crippen LogP contribution in [0, 0.1) is 19.7 Å². The van der Waals surface area contributed by atoms with Crippen molar-refractivity contribution >= 4 is 22.7 Å². The van der Waals surface area contributed by atoms with Gasteiger partial charge < -0.3 is 9.73 Å². The lowest BCUT2D eigenvalue weighted by Crippen LogP contribution is -2.11. The van der Waals surface area contributed by atoms with Crippen LogP contribution in [0.25, 0.3) is 22.6 Å². The van der Waals surface area contributed by atoms with E-state index in [1.54, 1.807) is 24.3 Å². The highest BCUT2D eigenvalue weighted by Gasteiger charge is 2.12. The maximum absolute atomic E-state index is 13.3. The molecule has 0 aliphatic rings. The van der Waals surface area contributed by atoms with Crippen molar-refractivity contribution in [3.8, 4) is 11.5 Å². The molecule has 0 fully saturated rings. The van der Waals surface area contributed by atoms with Crippen LogP contribution in [0.3, 0.4) is 0 Å². The molecule has 0 saturated heterocycles. The number of amides is 1. The molecule has 0 radical (unpaired) electrons. The van der Waals surface area contributed by atoms with Crippen LogP contribution in [0.5, 0.6) is 0 Å². The van der Waals surface area contributed by atoms with Crippen LogP contribution in [0.4, 0.5) is 10.1 Å². The number of anilines is 1. The van der Waals surface area contributed by atoms with Gasteiger partial charge in [-0.3, -0.25) is 4.79 Å². The number of hydrogen-bond acceptors (Lipinski definition) is 3. The van der Waals surface area contributed by atoms with Crippen molar-refractivity contribution in [2.75, 3.05) is 5.32 Å². The number of rotatable bonds is 3. The van der Waals surface area contributed by atoms with Gasteiger partial charge in [-0.15, -0.1) is 0 Å². The number of halogens is 1. The summed E-state index contributed by atoms with van der Waals surface area (Å²) >= 11 is 0. The quantitative estimate of drug-likeness (QED) is 0.525. The first kappa shape index (κ1) is 17.0. The van der Waals surface area contributed by atoms with E-state index in [0.717, 1.165) is 11.1 Å². The number of hydrogen-bond donors (Lipinski definition) is 1. The van der Waals surface area contributed by atoms with Gasteiger partial charge in [0.1, 0.15) is 11.3 Å². The van der Waals surface area contributed by atoms with Crippen molar-refractivity contribution < 1.29 is 13.6 Å². The molecule has 27 heavy (non-hydrogen) atoms. The Morgan fingerprint density at radius 2 is 1.85 bits per heavy atom. The minimum atomic E-state index is -0.451. The first-order valence-electron chi connectivity index (χ1n) is 8.55. The van der Waals surface area contributed by atoms with Gasteiger partial charge >= 0.3 is 0 Å². The van der Waals surface area contributed by atoms with Gasteiger partial charge in [0.05, 0.1) is 0 Å². The average molecular weight is 360 g/mol. The molecule has 1 amide bonds. The molecule has 1 N–H and O–H groups in total. The van der Waals surface area contributed by atoms with E-state index in [4.69, 9.17) is 4.42 Å². The van der Waals surface area contributed by atoms with Gasteiger partial charge in [-0.1, -0.05) is 12.1 Å². The minimum absolute atomic E-state index is 0.256. The third-order valence-corrected chi connectivity index (χ3v) is 4.49. The number of fused-ring (bicyclic) bond motifs is 1. The van der Waals surface area contributed by atoms with Crippen LogP contribution in [-0.2, 0) is 0 Å². The zero-order valence-electron chi connectivity index (χ0n) is 14.9. The summed E-state index contributed by atoms with van der Waals surface area (Å²) in [6.07, 6.45) is 0. The first-order chi connectivity index (χ1) is 13.0. The normalized spacial score (nSPS) is 10.9. The minimum Gasteiger partial charge on any atom is -0.436 e. The highest BCUT2D eigenvalue weighted by Crippen LogP contribution is 2.27. The average Bonchev–Trinajstić information content (AvgIpc) is 3.07. The Bertz CT molecular complexity index is 1160. The van der Waals surface area contributed by atoms with E-state index in [2.05, 4.69) is 17.2 Å². The molecule has 1 aromatic heterocycles. The topological polar surface area (TPSA) is 55.1 Å². The van der Waals surface area contributed by atoms with E-state index in [1.165, 1.54) is 23.8 Å². The largest absolute Gasteiger partial charge is 0.436 e. The molecule has 5 heteroatoms. The van der Waals surface area contributed by atoms with Crippen LogP contribution >= 0.6 is 0 Å². The van der Waals surface area contributed by atoms with Gasteiger partial charge in [-0.25, -0.2) is 9.37 Å². The molecule has 0 bridgehead atoms. The van der Waals surface area contributed by atoms with Crippen molar-refractivity contribution in [3.63, 3.8) is 0 Å². The molecule has 4 rings (SSSR count). The van der Waals surface area contributed by atoms with Crippen molar-refractivity contribution in [3.05, 3.63) is 83.2 Å². The second-order valence-electron chi connectivity index (χ2n) is 6.47. The maximum atomic E-state index is 13.3. The van der Waals surface area contributed by atoms with E-state index in [1.807, 2.05) is 25.1 Å². The molecule has 1 heterocycles. The lowest BCUT2D eigenvalue weighted by atomic mass is 10.1. The maximum Gasteiger partial charge on any atom is 0.255 e. The fourth-order valence-corrected chi connectivity index (χ4v) is 2.84. The van der Waals surface area contributed by atoms with Gasteiger partial charge in [-0.05, 0) is 73.5 Å². The van der Waals surface area contributed by atoms with Crippen molar-refractivity contribution in [1.29, 1.82) is 0 Å². The van der Waals surface area contributed by atoms with Crippen LogP contribution < -0.4 is 5.32 Å². The van der Waals surface area contributed by atoms with Crippen molar-refractivity contribution in [1.82, 2.24) is 4.98 Å². The zero-order chi connectivity index (χ0) is 19.0. The van der Waals surface area contributed by atoms with E-state index in [0.29, 0.717) is 22.7 Å². The summed E-state index contributed by atoms with van der Waals surface area (Å²) in [7, 11) is 0. The molecule has 134 valence electrons. The number of carbonyl (C=O) groups excluding carboxylic acids is 1. The fourth-order valence-electron chi connectivity index (χ4n) is 2.84. The van der Waals surface area contributed by atoms with Crippen LogP contribution in [0.1, 0.15) is 21.5 Å². The van der Waals surface area contributed by atoms with Crippen LogP contribution in [0.15, 0.2) is 65.1 Å². The van der Waals surface area contributed by atoms with Gasteiger partial charge in [0.2, 0.25) is 5.89 Å². The lowest BCUT2D eigenvalue weighted by molar-refractivity contribution is 0.102. The number of oxazole rings is 1. The molecule has 0 aliphatic heterocycles. The number of nitrogens with zero attached hydrogens (tertiary/aromatic N) is 1. The van der Waals surface area contributed by atoms with Crippen LogP contribution in [-0.4, -0.2) is 10.9 Å². The second-order valence-corrected chi connectivity index (χ2v) is 6.47. The monoisotopic (exact) mass is 360 g/mol. The van der Waals surface area contributed by atoms with Crippen LogP contribution in [0.2, 0.25) is 0 Å². The summed E-state index contributed by atoms with van der Waals surface area (Å²) in [5, 5.41) is 2.76. The summed E-state index contributed by atoms with van der Waals surface area (Å²) in [5.74, 6) is -0.305. The fraction of sp³-hybridized carbons (Fsp3) is 0.0909. The summed E-state index contributed by atoms with van der Waals surface area (Å²) in [6, 6.07) is 16.8. The Labute approximate surface area is 155 Å². The SMILES string of the molecule is Cc1ccc(-c2nc3cc(NC(=O)c4cccc(F)c4)ccc3o2)cc1C. The standard InChI is InChI=1S/C22H17FN2O2/c1-13-6-7-16(10-14(13)2)22-25-19-12-18(8-9-20(19)27-22)24-21(26)15-4-3-5-17(23)11-15/h3-12H,1-2H3,(H,24,26). The zero-order valence-corrected chi connectivity index (χ0v) is 14.9. The molecular formula is C22H17FN2O2. The molecule has 0 saturated carbocycles. The number of carbonyl (C=O) groups is 1. The number of aromatic nitrogens is 1. The lowest BCUT2D eigenvalue weighted by Gasteiger charge is -2.04. The van der Waals surface area contributed by atoms with E-state index < -0.39 is 5.82 Å². The predicted octanol–water partition coefficient (Wildman–Crippen LogP) is 5.50. The van der Waals surface area contributed by atoms with Gasteiger partial charge in [0.15, 0.2) is 5.58 Å². The second kappa shape index (κ2) is 6.68. The summed E-state index contributed by atoms with van der Waals surface area (Å²) in [6.45, 7) is 4.10. The Balaban J connectivity index is 1.62. The highest BCUT2D eigenvalue weighted by atomic mass is 19.1. The molecule has 3 aromatic carbocycles. The summed E-state index contributed by atoms with van der Waals surface area (Å²) in [5.41, 5.74) is 5.37. The third-order valence-electron chi connectivity index (χ3n) is 4.49. The summed E-state index contributed by atoms with van der Waals surface area (Å²) in [4.78, 5) is 16.8. The molecule has 0 aliphatic carbocycles. The van der Waals surface area contributed by atoms with E-state index in [9.17, 15) is 9.18 Å². The number of benzene rings is 3. The Morgan fingerprint density at radius 1 is 1.00 bits per heavy atom. The summed E-state index contributed by atoms with van der Waals surface area (Å²) < 4.78 is 19.1. The molecular weight excluding hydrogens is 343 g/mol. The predicted molar refractivity (Wildman–Crippen MR) is 103 cm³/mol. The van der Waals surface area contributed by atoms with Gasteiger partial charge in [0.25, 0.3) is 5.91 Å². The van der Waals surface area contributed by atoms with Crippen molar-refractivity contribution in [2.45, 2.75) is 13.8 Å². The highest BCUT2D eigenvalue weighted by molar-refractivity contribution is 6.04. The van der Waals surface area contributed by atoms with E-state index >= 15 is 0 Å². The first-order valence-corrected chi connectivity index (χ1v) is 8.55. The number of nitrogens with one attached hydrogen (secondary N) is 1. The van der Waals surface area contributed by atoms with E-state index in [-0.39, 0.29) is 11.5 Å². The Morgan fingerprint density at radius 3 is 2.63 bits per heavy atom. The molecule has 4 nitrogen and oxygen atoms in total. The van der Waals surface area contributed by atoms with Gasteiger partial charge in [-0.2, -0.15) is 0 Å². The molecule has 0 spiro atoms.